The van der Waals surface area contributed by atoms with E-state index in [0.717, 1.165) is 4.90 Å². The van der Waals surface area contributed by atoms with Gasteiger partial charge in [0.15, 0.2) is 8.32 Å². The van der Waals surface area contributed by atoms with Crippen LogP contribution in [0.15, 0.2) is 25.3 Å². The first-order valence-corrected chi connectivity index (χ1v) is 18.9. The van der Waals surface area contributed by atoms with Crippen LogP contribution in [0.2, 0.25) is 18.1 Å². The van der Waals surface area contributed by atoms with Crippen molar-refractivity contribution in [2.24, 2.45) is 11.8 Å². The van der Waals surface area contributed by atoms with Gasteiger partial charge in [-0.3, -0.25) is 14.5 Å². The molecule has 0 N–H and O–H groups in total. The smallest absolute Gasteiger partial charge is 0.410 e. The van der Waals surface area contributed by atoms with Gasteiger partial charge in [0.25, 0.3) is 0 Å². The fraction of sp³-hybridized carbons (Fsp3) is 0.700. The highest BCUT2D eigenvalue weighted by Crippen LogP contribution is 2.43. The van der Waals surface area contributed by atoms with E-state index in [9.17, 15) is 23.6 Å². The number of halogens is 1. The Morgan fingerprint density at radius 3 is 2.34 bits per heavy atom. The summed E-state index contributed by atoms with van der Waals surface area (Å²) in [6, 6.07) is -1.08. The van der Waals surface area contributed by atoms with Gasteiger partial charge in [0.05, 0.1) is 41.5 Å². The molecule has 0 unspecified atom stereocenters. The Hall–Kier alpha value is -2.13. The minimum absolute atomic E-state index is 0.0476. The monoisotopic (exact) mass is 674 g/mol. The third-order valence-corrected chi connectivity index (χ3v) is 14.9. The van der Waals surface area contributed by atoms with E-state index < -0.39 is 62.9 Å². The molecule has 2 fully saturated rings. The number of β-lactam (4-membered cyclic amide) rings is 1. The van der Waals surface area contributed by atoms with Crippen LogP contribution in [0.4, 0.5) is 9.18 Å². The molecule has 10 nitrogen and oxygen atoms in total. The first-order chi connectivity index (χ1) is 20.5. The van der Waals surface area contributed by atoms with Crippen molar-refractivity contribution in [2.45, 2.75) is 82.6 Å². The van der Waals surface area contributed by atoms with Gasteiger partial charge in [-0.25, -0.2) is 14.0 Å². The third kappa shape index (κ3) is 9.21. The average molecular weight is 675 g/mol. The predicted octanol–water partition coefficient (Wildman–Crippen LogP) is 4.93. The molecule has 0 aromatic carbocycles. The zero-order chi connectivity index (χ0) is 33.4. The summed E-state index contributed by atoms with van der Waals surface area (Å²) in [5.41, 5.74) is 0. The zero-order valence-electron chi connectivity index (χ0n) is 26.8. The Labute approximate surface area is 271 Å². The molecule has 3 amide bonds. The van der Waals surface area contributed by atoms with Crippen molar-refractivity contribution in [3.8, 4) is 0 Å². The maximum Gasteiger partial charge on any atom is 0.410 e. The second kappa shape index (κ2) is 16.4. The SMILES string of the molecule is C=CCOC(=O)C(=O)N1C(=O)[C@H]([C@@H](C)O[Si](C)(C)C(C)(C)C)[C@H]1[C@@H](C)C(=S)S[C@H]1C[C@@H](COCCF)N(C(=O)OCC=C)C1. The number of nitrogens with zero attached hydrogens (tertiary/aromatic N) is 2. The molecule has 0 aliphatic carbocycles. The number of likely N-dealkylation sites (tertiary alicyclic amines) is 2. The van der Waals surface area contributed by atoms with Crippen LogP contribution in [0.3, 0.4) is 0 Å². The molecule has 14 heteroatoms. The van der Waals surface area contributed by atoms with Crippen LogP contribution in [0.5, 0.6) is 0 Å². The molecule has 0 radical (unpaired) electrons. The zero-order valence-corrected chi connectivity index (χ0v) is 29.5. The van der Waals surface area contributed by atoms with Crippen molar-refractivity contribution < 1.29 is 42.2 Å². The molecule has 44 heavy (non-hydrogen) atoms. The number of esters is 1. The molecule has 2 rings (SSSR count). The van der Waals surface area contributed by atoms with E-state index >= 15 is 0 Å². The van der Waals surface area contributed by atoms with Crippen LogP contribution < -0.4 is 0 Å². The lowest BCUT2D eigenvalue weighted by molar-refractivity contribution is -0.180. The largest absolute Gasteiger partial charge is 0.454 e. The summed E-state index contributed by atoms with van der Waals surface area (Å²) in [4.78, 5) is 54.3. The quantitative estimate of drug-likeness (QED) is 0.0479. The average Bonchev–Trinajstić information content (AvgIpc) is 3.34. The van der Waals surface area contributed by atoms with Gasteiger partial charge < -0.3 is 23.5 Å². The number of carbonyl (C=O) groups excluding carboxylic acids is 4. The number of alkyl halides is 1. The summed E-state index contributed by atoms with van der Waals surface area (Å²) in [6.07, 6.45) is 2.26. The fourth-order valence-electron chi connectivity index (χ4n) is 5.03. The van der Waals surface area contributed by atoms with Gasteiger partial charge in [0.2, 0.25) is 5.91 Å². The molecule has 0 bridgehead atoms. The van der Waals surface area contributed by atoms with E-state index in [2.05, 4.69) is 47.0 Å². The van der Waals surface area contributed by atoms with Crippen molar-refractivity contribution in [1.82, 2.24) is 9.80 Å². The number of thiocarbonyl (C=S) groups is 1. The van der Waals surface area contributed by atoms with Crippen LogP contribution in [0, 0.1) is 11.8 Å². The highest BCUT2D eigenvalue weighted by molar-refractivity contribution is 8.23. The summed E-state index contributed by atoms with van der Waals surface area (Å²) in [6.45, 7) is 20.8. The van der Waals surface area contributed by atoms with Gasteiger partial charge in [0.1, 0.15) is 19.9 Å². The summed E-state index contributed by atoms with van der Waals surface area (Å²) in [5.74, 6) is -3.92. The molecule has 0 aromatic rings. The molecule has 0 aromatic heterocycles. The summed E-state index contributed by atoms with van der Waals surface area (Å²) in [5, 5.41) is -0.257. The maximum atomic E-state index is 13.5. The van der Waals surface area contributed by atoms with Crippen LogP contribution in [0.1, 0.15) is 41.0 Å². The van der Waals surface area contributed by atoms with E-state index in [4.69, 9.17) is 30.9 Å². The summed E-state index contributed by atoms with van der Waals surface area (Å²) in [7, 11) is -2.29. The summed E-state index contributed by atoms with van der Waals surface area (Å²) < 4.78 is 35.3. The number of thioether (sulfide) groups is 1. The lowest BCUT2D eigenvalue weighted by atomic mass is 9.77. The van der Waals surface area contributed by atoms with E-state index in [1.165, 1.54) is 23.9 Å². The van der Waals surface area contributed by atoms with E-state index in [1.807, 2.05) is 13.8 Å². The maximum absolute atomic E-state index is 13.5. The lowest BCUT2D eigenvalue weighted by Gasteiger charge is -2.52. The van der Waals surface area contributed by atoms with E-state index in [0.29, 0.717) is 17.2 Å². The second-order valence-electron chi connectivity index (χ2n) is 12.5. The number of ether oxygens (including phenoxy) is 3. The molecule has 2 aliphatic rings. The van der Waals surface area contributed by atoms with Crippen molar-refractivity contribution in [2.75, 3.05) is 39.6 Å². The lowest BCUT2D eigenvalue weighted by Crippen LogP contribution is -2.70. The Balaban J connectivity index is 2.28. The van der Waals surface area contributed by atoms with Crippen LogP contribution in [-0.4, -0.2) is 109 Å². The van der Waals surface area contributed by atoms with E-state index in [-0.39, 0.29) is 42.8 Å². The van der Waals surface area contributed by atoms with Gasteiger partial charge in [-0.1, -0.05) is 65.2 Å². The molecule has 2 heterocycles. The molecule has 2 aliphatic heterocycles. The first-order valence-electron chi connectivity index (χ1n) is 14.7. The molecular formula is C30H47FN2O8S2Si. The minimum atomic E-state index is -2.29. The van der Waals surface area contributed by atoms with E-state index in [1.54, 1.807) is 4.90 Å². The number of amides is 3. The van der Waals surface area contributed by atoms with Crippen LogP contribution in [0.25, 0.3) is 0 Å². The Kier molecular flexibility index (Phi) is 14.2. The molecule has 0 saturated carbocycles. The molecule has 0 spiro atoms. The number of carbonyl (C=O) groups is 4. The standard InChI is InChI=1S/C30H47FN2O8S2Si/c1-10-13-39-27(36)26(35)33-24(23(25(33)34)20(4)41-44(8,9)30(5,6)7)19(3)28(42)43-22-16-21(18-38-15-12-31)32(17-22)29(37)40-14-11-2/h10-11,19-24H,1-2,12-18H2,3-9H3/t19-,20-,21+,22+,23-,24-/m1/s1. The number of rotatable bonds is 14. The highest BCUT2D eigenvalue weighted by atomic mass is 32.2. The van der Waals surface area contributed by atoms with Crippen molar-refractivity contribution >= 4 is 60.4 Å². The molecular weight excluding hydrogens is 628 g/mol. The molecule has 6 atom stereocenters. The van der Waals surface area contributed by atoms with Gasteiger partial charge >= 0.3 is 18.0 Å². The van der Waals surface area contributed by atoms with Gasteiger partial charge in [0, 0.05) is 17.7 Å². The van der Waals surface area contributed by atoms with Crippen LogP contribution in [-0.2, 0) is 33.0 Å². The summed E-state index contributed by atoms with van der Waals surface area (Å²) >= 11 is 7.23. The molecule has 248 valence electrons. The Morgan fingerprint density at radius 2 is 1.77 bits per heavy atom. The topological polar surface area (TPSA) is 112 Å². The third-order valence-electron chi connectivity index (χ3n) is 8.34. The molecule has 2 saturated heterocycles. The number of imide groups is 1. The normalized spacial score (nSPS) is 23.4. The Morgan fingerprint density at radius 1 is 1.16 bits per heavy atom. The van der Waals surface area contributed by atoms with Crippen molar-refractivity contribution in [3.63, 3.8) is 0 Å². The number of hydrogen-bond acceptors (Lipinski definition) is 10. The minimum Gasteiger partial charge on any atom is -0.454 e. The Bertz CT molecular complexity index is 1100. The van der Waals surface area contributed by atoms with Crippen molar-refractivity contribution in [3.05, 3.63) is 25.3 Å². The predicted molar refractivity (Wildman–Crippen MR) is 175 cm³/mol. The van der Waals surface area contributed by atoms with Crippen molar-refractivity contribution in [1.29, 1.82) is 0 Å². The fourth-order valence-corrected chi connectivity index (χ4v) is 8.24. The highest BCUT2D eigenvalue weighted by Gasteiger charge is 2.58. The van der Waals surface area contributed by atoms with Gasteiger partial charge in [-0.05, 0) is 31.5 Å². The number of hydrogen-bond donors (Lipinski definition) is 0. The second-order valence-corrected chi connectivity index (χ2v) is 19.3. The van der Waals surface area contributed by atoms with Crippen LogP contribution >= 0.6 is 24.0 Å². The first kappa shape index (κ1) is 38.1. The van der Waals surface area contributed by atoms with Gasteiger partial charge in [-0.15, -0.1) is 11.8 Å². The van der Waals surface area contributed by atoms with Gasteiger partial charge in [-0.2, -0.15) is 0 Å².